The van der Waals surface area contributed by atoms with Crippen molar-refractivity contribution >= 4 is 55.5 Å². The van der Waals surface area contributed by atoms with E-state index in [1.807, 2.05) is 29.2 Å². The van der Waals surface area contributed by atoms with Crippen molar-refractivity contribution in [1.29, 1.82) is 0 Å². The average molecular weight is 696 g/mol. The summed E-state index contributed by atoms with van der Waals surface area (Å²) in [4.78, 5) is 47.4. The van der Waals surface area contributed by atoms with Crippen molar-refractivity contribution in [3.8, 4) is 5.75 Å². The fourth-order valence-corrected chi connectivity index (χ4v) is 8.71. The first-order chi connectivity index (χ1) is 23.4. The number of aliphatic hydroxyl groups excluding tert-OH is 1. The number of hydrogen-bond donors (Lipinski definition) is 3. The van der Waals surface area contributed by atoms with Gasteiger partial charge in [0.1, 0.15) is 5.52 Å². The number of aliphatic hydroxyl groups is 1. The van der Waals surface area contributed by atoms with Crippen LogP contribution in [0.4, 0.5) is 0 Å². The van der Waals surface area contributed by atoms with Gasteiger partial charge in [-0.2, -0.15) is 0 Å². The first-order valence-corrected chi connectivity index (χ1v) is 18.7. The van der Waals surface area contributed by atoms with Crippen molar-refractivity contribution < 1.29 is 24.2 Å². The Morgan fingerprint density at radius 2 is 1.83 bits per heavy atom. The highest BCUT2D eigenvalue weighted by molar-refractivity contribution is 7.20. The Kier molecular flexibility index (Phi) is 11.9. The number of amides is 1. The van der Waals surface area contributed by atoms with Gasteiger partial charge in [-0.15, -0.1) is 11.3 Å². The number of nitrogens with one attached hydrogen (secondary N) is 2. The summed E-state index contributed by atoms with van der Waals surface area (Å²) in [7, 11) is 0. The smallest absolute Gasteiger partial charge is 0.305 e. The lowest BCUT2D eigenvalue weighted by Crippen LogP contribution is -2.58. The van der Waals surface area contributed by atoms with Crippen LogP contribution in [0.2, 0.25) is 0 Å². The number of likely N-dealkylation sites (tertiary alicyclic amines) is 1. The normalized spacial score (nSPS) is 17.3. The molecule has 6 rings (SSSR count). The number of para-hydroxylation sites is 1. The minimum absolute atomic E-state index is 0.0297. The Hall–Kier alpha value is -3.20. The zero-order valence-corrected chi connectivity index (χ0v) is 28.9. The Balaban J connectivity index is 0.806. The summed E-state index contributed by atoms with van der Waals surface area (Å²) in [5, 5.41) is 14.6. The highest BCUT2D eigenvalue weighted by Crippen LogP contribution is 2.33. The number of hydrogen-bond acceptors (Lipinski definition) is 11. The fraction of sp³-hybridized carbons (Fsp3) is 0.543. The molecule has 11 nitrogen and oxygen atoms in total. The maximum absolute atomic E-state index is 13.3. The van der Waals surface area contributed by atoms with E-state index in [0.717, 1.165) is 73.4 Å². The molecule has 2 aromatic heterocycles. The van der Waals surface area contributed by atoms with Crippen molar-refractivity contribution in [2.45, 2.75) is 69.5 Å². The molecule has 3 N–H and O–H groups in total. The zero-order valence-electron chi connectivity index (χ0n) is 27.3. The Bertz CT molecular complexity index is 1700. The van der Waals surface area contributed by atoms with E-state index in [2.05, 4.69) is 20.2 Å². The average Bonchev–Trinajstić information content (AvgIpc) is 3.72. The predicted molar refractivity (Wildman–Crippen MR) is 189 cm³/mol. The summed E-state index contributed by atoms with van der Waals surface area (Å²) in [5.41, 5.74) is 1.74. The first kappa shape index (κ1) is 34.7. The minimum atomic E-state index is -0.765. The molecule has 0 bridgehead atoms. The minimum Gasteiger partial charge on any atom is -0.426 e. The number of benzene rings is 2. The van der Waals surface area contributed by atoms with Crippen molar-refractivity contribution in [1.82, 2.24) is 25.1 Å². The number of H-pyrrole nitrogens is 1. The van der Waals surface area contributed by atoms with E-state index >= 15 is 0 Å². The van der Waals surface area contributed by atoms with Gasteiger partial charge >= 0.3 is 4.87 Å². The molecule has 2 aromatic carbocycles. The van der Waals surface area contributed by atoms with Crippen LogP contribution in [0.15, 0.2) is 41.2 Å². The highest BCUT2D eigenvalue weighted by atomic mass is 32.1. The van der Waals surface area contributed by atoms with Gasteiger partial charge in [0.15, 0.2) is 10.8 Å². The maximum atomic E-state index is 13.3. The van der Waals surface area contributed by atoms with Crippen molar-refractivity contribution in [3.63, 3.8) is 0 Å². The van der Waals surface area contributed by atoms with Gasteiger partial charge in [-0.05, 0) is 57.0 Å². The monoisotopic (exact) mass is 695 g/mol. The summed E-state index contributed by atoms with van der Waals surface area (Å²) in [5.74, 6) is 0.308. The number of ether oxygens (including phenoxy) is 2. The van der Waals surface area contributed by atoms with Gasteiger partial charge in [0, 0.05) is 31.7 Å². The molecule has 0 aliphatic carbocycles. The number of fused-ring (bicyclic) bond motifs is 2. The zero-order chi connectivity index (χ0) is 33.3. The first-order valence-electron chi connectivity index (χ1n) is 17.1. The maximum Gasteiger partial charge on any atom is 0.305 e. The van der Waals surface area contributed by atoms with Gasteiger partial charge in [-0.25, -0.2) is 4.98 Å². The van der Waals surface area contributed by atoms with Gasteiger partial charge in [-0.3, -0.25) is 14.4 Å². The number of nitrogens with zero attached hydrogens (tertiary/aromatic N) is 3. The molecule has 258 valence electrons. The quantitative estimate of drug-likeness (QED) is 0.108. The molecule has 4 aromatic rings. The number of carbonyl (C=O) groups is 2. The SMILES string of the molecule is O=COc1ccc(C(O)CNCCCCCCCCCN2CCC3(CC2)CN(C(=O)c2nc4ccccc4s2)CCO3)c2sc(=O)[nH]c12. The third-order valence-electron chi connectivity index (χ3n) is 9.55. The van der Waals surface area contributed by atoms with E-state index in [1.54, 1.807) is 12.1 Å². The Labute approximate surface area is 288 Å². The highest BCUT2D eigenvalue weighted by Gasteiger charge is 2.41. The summed E-state index contributed by atoms with van der Waals surface area (Å²) in [6.07, 6.45) is 9.49. The summed E-state index contributed by atoms with van der Waals surface area (Å²) >= 11 is 2.48. The van der Waals surface area contributed by atoms with Gasteiger partial charge in [-0.1, -0.05) is 61.6 Å². The van der Waals surface area contributed by atoms with Crippen LogP contribution < -0.4 is 14.9 Å². The molecular formula is C35H45N5O6S2. The van der Waals surface area contributed by atoms with Gasteiger partial charge in [0.25, 0.3) is 12.4 Å². The largest absolute Gasteiger partial charge is 0.426 e. The van der Waals surface area contributed by atoms with Gasteiger partial charge in [0.2, 0.25) is 0 Å². The van der Waals surface area contributed by atoms with E-state index in [1.165, 1.54) is 43.4 Å². The van der Waals surface area contributed by atoms with E-state index in [-0.39, 0.29) is 22.1 Å². The van der Waals surface area contributed by atoms with Crippen LogP contribution in [-0.4, -0.2) is 95.3 Å². The molecule has 0 saturated carbocycles. The Morgan fingerprint density at radius 3 is 2.62 bits per heavy atom. The number of aromatic amines is 1. The molecule has 2 aliphatic heterocycles. The third kappa shape index (κ3) is 8.50. The molecule has 2 aliphatic rings. The summed E-state index contributed by atoms with van der Waals surface area (Å²) < 4.78 is 12.9. The lowest BCUT2D eigenvalue weighted by Gasteiger charge is -2.47. The van der Waals surface area contributed by atoms with Crippen LogP contribution in [0.1, 0.15) is 79.3 Å². The number of carbonyl (C=O) groups excluding carboxylic acids is 2. The number of unbranched alkanes of at least 4 members (excludes halogenated alkanes) is 6. The number of morpholine rings is 1. The second kappa shape index (κ2) is 16.5. The number of thiazole rings is 2. The lowest BCUT2D eigenvalue weighted by atomic mass is 9.89. The van der Waals surface area contributed by atoms with Crippen LogP contribution in [0.5, 0.6) is 5.75 Å². The second-order valence-electron chi connectivity index (χ2n) is 12.9. The van der Waals surface area contributed by atoms with E-state index in [4.69, 9.17) is 9.47 Å². The molecule has 2 fully saturated rings. The van der Waals surface area contributed by atoms with Crippen molar-refractivity contribution in [2.24, 2.45) is 0 Å². The van der Waals surface area contributed by atoms with Crippen LogP contribution >= 0.6 is 22.7 Å². The molecule has 1 amide bonds. The lowest BCUT2D eigenvalue weighted by molar-refractivity contribution is -0.127. The molecule has 1 spiro atoms. The second-order valence-corrected chi connectivity index (χ2v) is 14.9. The van der Waals surface area contributed by atoms with Gasteiger partial charge < -0.3 is 34.7 Å². The molecule has 48 heavy (non-hydrogen) atoms. The number of aromatic nitrogens is 2. The fourth-order valence-electron chi connectivity index (χ4n) is 6.86. The molecule has 1 unspecified atom stereocenters. The molecule has 4 heterocycles. The topological polar surface area (TPSA) is 137 Å². The van der Waals surface area contributed by atoms with Gasteiger partial charge in [0.05, 0.1) is 39.8 Å². The molecular weight excluding hydrogens is 651 g/mol. The van der Waals surface area contributed by atoms with E-state index in [9.17, 15) is 19.5 Å². The number of rotatable bonds is 16. The van der Waals surface area contributed by atoms with Crippen molar-refractivity contribution in [2.75, 3.05) is 52.4 Å². The van der Waals surface area contributed by atoms with E-state index < -0.39 is 6.10 Å². The summed E-state index contributed by atoms with van der Waals surface area (Å²) in [6, 6.07) is 11.2. The van der Waals surface area contributed by atoms with Crippen LogP contribution in [0, 0.1) is 0 Å². The molecule has 13 heteroatoms. The third-order valence-corrected chi connectivity index (χ3v) is 11.5. The van der Waals surface area contributed by atoms with E-state index in [0.29, 0.717) is 53.5 Å². The van der Waals surface area contributed by atoms with Crippen LogP contribution in [-0.2, 0) is 9.53 Å². The summed E-state index contributed by atoms with van der Waals surface area (Å²) in [6.45, 7) is 6.55. The predicted octanol–water partition coefficient (Wildman–Crippen LogP) is 5.10. The van der Waals surface area contributed by atoms with Crippen LogP contribution in [0.25, 0.3) is 20.4 Å². The molecule has 1 atom stereocenters. The standard InChI is InChI=1S/C35H45N5O6S2/c41-24-45-28-13-12-25(31-30(28)38-34(44)48-31)27(42)22-36-16-8-4-2-1-3-5-9-17-39-18-14-35(15-19-39)23-40(20-21-46-35)33(43)32-37-26-10-6-7-11-29(26)47-32/h6-7,10-13,24,27,36,42H,1-5,8-9,14-23H2,(H,38,44). The molecule has 0 radical (unpaired) electrons. The Morgan fingerprint density at radius 1 is 1.06 bits per heavy atom. The number of piperidine rings is 1. The molecule has 2 saturated heterocycles. The van der Waals surface area contributed by atoms with Crippen molar-refractivity contribution in [3.05, 3.63) is 56.6 Å². The van der Waals surface area contributed by atoms with Crippen LogP contribution in [0.3, 0.4) is 0 Å².